The minimum atomic E-state index is -1.04. The second-order valence-electron chi connectivity index (χ2n) is 10.2. The van der Waals surface area contributed by atoms with Crippen molar-refractivity contribution in [2.45, 2.75) is 70.9 Å². The third-order valence-corrected chi connectivity index (χ3v) is 8.15. The van der Waals surface area contributed by atoms with E-state index in [4.69, 9.17) is 9.47 Å². The molecule has 3 aliphatic rings. The Balaban J connectivity index is 1.45. The van der Waals surface area contributed by atoms with Gasteiger partial charge in [0, 0.05) is 37.6 Å². The van der Waals surface area contributed by atoms with Crippen LogP contribution in [0.1, 0.15) is 64.4 Å². The molecule has 178 valence electrons. The smallest absolute Gasteiger partial charge is 0.306 e. The molecule has 0 spiro atoms. The molecule has 4 rings (SSSR count). The highest BCUT2D eigenvalue weighted by molar-refractivity contribution is 5.95. The van der Waals surface area contributed by atoms with Gasteiger partial charge in [0.25, 0.3) is 0 Å². The maximum Gasteiger partial charge on any atom is 0.306 e. The summed E-state index contributed by atoms with van der Waals surface area (Å²) in [5.41, 5.74) is -0.717. The molecule has 2 saturated carbocycles. The summed E-state index contributed by atoms with van der Waals surface area (Å²) >= 11 is 0. The van der Waals surface area contributed by atoms with E-state index in [-0.39, 0.29) is 61.0 Å². The SMILES string of the molecule is COc1ccc(CNC(=O)CCC2(C)OC(=O)CCC3C2C(=O)CC2(C)C(=O)CCC32)cc1. The lowest BCUT2D eigenvalue weighted by Crippen LogP contribution is -2.54. The van der Waals surface area contributed by atoms with Gasteiger partial charge >= 0.3 is 5.97 Å². The average molecular weight is 456 g/mol. The second kappa shape index (κ2) is 8.92. The molecule has 1 aromatic carbocycles. The van der Waals surface area contributed by atoms with Crippen molar-refractivity contribution in [2.24, 2.45) is 23.2 Å². The Morgan fingerprint density at radius 2 is 1.85 bits per heavy atom. The van der Waals surface area contributed by atoms with Gasteiger partial charge in [-0.25, -0.2) is 0 Å². The number of esters is 1. The van der Waals surface area contributed by atoms with E-state index in [0.717, 1.165) is 17.7 Å². The predicted molar refractivity (Wildman–Crippen MR) is 120 cm³/mol. The van der Waals surface area contributed by atoms with Gasteiger partial charge in [0.05, 0.1) is 13.0 Å². The van der Waals surface area contributed by atoms with Crippen LogP contribution in [0.15, 0.2) is 24.3 Å². The van der Waals surface area contributed by atoms with E-state index in [9.17, 15) is 19.2 Å². The van der Waals surface area contributed by atoms with Crippen LogP contribution in [0, 0.1) is 23.2 Å². The van der Waals surface area contributed by atoms with Crippen LogP contribution in [0.25, 0.3) is 0 Å². The minimum Gasteiger partial charge on any atom is -0.497 e. The number of ether oxygens (including phenoxy) is 2. The Bertz CT molecular complexity index is 956. The quantitative estimate of drug-likeness (QED) is 0.661. The van der Waals surface area contributed by atoms with E-state index in [1.807, 2.05) is 31.2 Å². The third-order valence-electron chi connectivity index (χ3n) is 8.15. The summed E-state index contributed by atoms with van der Waals surface area (Å²) in [4.78, 5) is 51.0. The number of fused-ring (bicyclic) bond motifs is 3. The predicted octanol–water partition coefficient (Wildman–Crippen LogP) is 3.38. The fourth-order valence-corrected chi connectivity index (χ4v) is 6.38. The monoisotopic (exact) mass is 455 g/mol. The first-order chi connectivity index (χ1) is 15.7. The maximum absolute atomic E-state index is 13.4. The van der Waals surface area contributed by atoms with Crippen molar-refractivity contribution >= 4 is 23.4 Å². The van der Waals surface area contributed by atoms with Crippen LogP contribution in [0.2, 0.25) is 0 Å². The Kier molecular flexibility index (Phi) is 6.34. The molecule has 33 heavy (non-hydrogen) atoms. The molecule has 1 saturated heterocycles. The lowest BCUT2D eigenvalue weighted by molar-refractivity contribution is -0.172. The van der Waals surface area contributed by atoms with Gasteiger partial charge in [-0.3, -0.25) is 19.2 Å². The van der Waals surface area contributed by atoms with Gasteiger partial charge in [0.1, 0.15) is 22.9 Å². The second-order valence-corrected chi connectivity index (χ2v) is 10.2. The van der Waals surface area contributed by atoms with Crippen LogP contribution < -0.4 is 10.1 Å². The fourth-order valence-electron chi connectivity index (χ4n) is 6.38. The summed E-state index contributed by atoms with van der Waals surface area (Å²) in [7, 11) is 1.60. The number of hydrogen-bond donors (Lipinski definition) is 1. The zero-order valence-corrected chi connectivity index (χ0v) is 19.6. The molecule has 7 nitrogen and oxygen atoms in total. The molecule has 1 N–H and O–H groups in total. The average Bonchev–Trinajstić information content (AvgIpc) is 3.00. The Morgan fingerprint density at radius 1 is 1.12 bits per heavy atom. The molecule has 1 amide bonds. The molecule has 1 aliphatic heterocycles. The highest BCUT2D eigenvalue weighted by atomic mass is 16.6. The summed E-state index contributed by atoms with van der Waals surface area (Å²) in [5.74, 6) is -0.0353. The van der Waals surface area contributed by atoms with Gasteiger partial charge in [0.15, 0.2) is 0 Å². The Labute approximate surface area is 194 Å². The first kappa shape index (κ1) is 23.5. The largest absolute Gasteiger partial charge is 0.497 e. The molecule has 0 bridgehead atoms. The minimum absolute atomic E-state index is 0.00941. The molecule has 0 aromatic heterocycles. The van der Waals surface area contributed by atoms with Crippen LogP contribution in [0.5, 0.6) is 5.75 Å². The van der Waals surface area contributed by atoms with Crippen molar-refractivity contribution in [1.82, 2.24) is 5.32 Å². The van der Waals surface area contributed by atoms with Gasteiger partial charge in [-0.2, -0.15) is 0 Å². The van der Waals surface area contributed by atoms with E-state index in [1.54, 1.807) is 14.0 Å². The number of hydrogen-bond acceptors (Lipinski definition) is 6. The molecular formula is C26H33NO6. The van der Waals surface area contributed by atoms with Gasteiger partial charge in [-0.1, -0.05) is 19.1 Å². The van der Waals surface area contributed by atoms with Crippen molar-refractivity contribution < 1.29 is 28.7 Å². The normalized spacial score (nSPS) is 33.5. The van der Waals surface area contributed by atoms with E-state index < -0.39 is 16.9 Å². The summed E-state index contributed by atoms with van der Waals surface area (Å²) in [5, 5.41) is 2.90. The summed E-state index contributed by atoms with van der Waals surface area (Å²) in [6, 6.07) is 7.45. The number of nitrogens with one attached hydrogen (secondary N) is 1. The zero-order valence-electron chi connectivity index (χ0n) is 19.6. The van der Waals surface area contributed by atoms with Crippen LogP contribution in [-0.4, -0.2) is 36.2 Å². The molecule has 5 unspecified atom stereocenters. The third kappa shape index (κ3) is 4.42. The van der Waals surface area contributed by atoms with E-state index in [0.29, 0.717) is 19.4 Å². The van der Waals surface area contributed by atoms with Crippen molar-refractivity contribution in [2.75, 3.05) is 7.11 Å². The Hall–Kier alpha value is -2.70. The number of amides is 1. The summed E-state index contributed by atoms with van der Waals surface area (Å²) in [6.07, 6.45) is 2.69. The lowest BCUT2D eigenvalue weighted by Gasteiger charge is -2.48. The van der Waals surface area contributed by atoms with Crippen LogP contribution in [0.3, 0.4) is 0 Å². The van der Waals surface area contributed by atoms with Gasteiger partial charge in [-0.15, -0.1) is 0 Å². The fraction of sp³-hybridized carbons (Fsp3) is 0.615. The number of carbonyl (C=O) groups is 4. The lowest BCUT2D eigenvalue weighted by atomic mass is 9.55. The molecule has 3 fully saturated rings. The summed E-state index contributed by atoms with van der Waals surface area (Å²) in [6.45, 7) is 4.09. The van der Waals surface area contributed by atoms with E-state index >= 15 is 0 Å². The number of methoxy groups -OCH3 is 1. The standard InChI is InChI=1S/C26H33NO6/c1-25-14-20(28)24-18(19(25)9-10-21(25)29)8-11-23(31)33-26(24,2)13-12-22(30)27-15-16-4-6-17(32-3)7-5-16/h4-7,18-19,24H,8-15H2,1-3H3,(H,27,30). The van der Waals surface area contributed by atoms with Gasteiger partial charge < -0.3 is 14.8 Å². The van der Waals surface area contributed by atoms with Crippen LogP contribution in [0.4, 0.5) is 0 Å². The first-order valence-electron chi connectivity index (χ1n) is 11.8. The number of benzene rings is 1. The topological polar surface area (TPSA) is 98.8 Å². The van der Waals surface area contributed by atoms with Crippen molar-refractivity contribution in [3.8, 4) is 5.75 Å². The molecule has 1 heterocycles. The number of cyclic esters (lactones) is 1. The van der Waals surface area contributed by atoms with Gasteiger partial charge in [-0.05, 0) is 55.7 Å². The zero-order chi connectivity index (χ0) is 23.8. The Morgan fingerprint density at radius 3 is 2.55 bits per heavy atom. The van der Waals surface area contributed by atoms with E-state index in [1.165, 1.54) is 0 Å². The van der Waals surface area contributed by atoms with Crippen LogP contribution >= 0.6 is 0 Å². The number of Topliss-reactive ketones (excluding diaryl/α,β-unsaturated/α-hetero) is 2. The van der Waals surface area contributed by atoms with Gasteiger partial charge in [0.2, 0.25) is 5.91 Å². The summed E-state index contributed by atoms with van der Waals surface area (Å²) < 4.78 is 11.0. The van der Waals surface area contributed by atoms with E-state index in [2.05, 4.69) is 5.32 Å². The molecule has 1 aromatic rings. The van der Waals surface area contributed by atoms with Crippen molar-refractivity contribution in [3.63, 3.8) is 0 Å². The van der Waals surface area contributed by atoms with Crippen LogP contribution in [-0.2, 0) is 30.5 Å². The molecular weight excluding hydrogens is 422 g/mol. The maximum atomic E-state index is 13.4. The molecule has 5 atom stereocenters. The first-order valence-corrected chi connectivity index (χ1v) is 11.8. The molecule has 7 heteroatoms. The number of ketones is 2. The molecule has 2 aliphatic carbocycles. The molecule has 0 radical (unpaired) electrons. The van der Waals surface area contributed by atoms with Crippen molar-refractivity contribution in [1.29, 1.82) is 0 Å². The number of carbonyl (C=O) groups excluding carboxylic acids is 4. The van der Waals surface area contributed by atoms with Crippen molar-refractivity contribution in [3.05, 3.63) is 29.8 Å². The number of rotatable bonds is 6. The highest BCUT2D eigenvalue weighted by Gasteiger charge is 2.61. The highest BCUT2D eigenvalue weighted by Crippen LogP contribution is 2.57.